The second-order valence-electron chi connectivity index (χ2n) is 4.42. The fraction of sp³-hybridized carbons (Fsp3) is 0.214. The number of aryl methyl sites for hydroxylation is 1. The number of anilines is 1. The zero-order valence-corrected chi connectivity index (χ0v) is 11.3. The second-order valence-corrected chi connectivity index (χ2v) is 4.42. The van der Waals surface area contributed by atoms with E-state index in [1.807, 2.05) is 26.0 Å². The van der Waals surface area contributed by atoms with E-state index in [0.29, 0.717) is 18.2 Å². The minimum Gasteiger partial charge on any atom is -0.477 e. The SMILES string of the molecule is CCOc1ncccc1-c1cc(N)c2[nH]nc(C)c2n1. The van der Waals surface area contributed by atoms with Gasteiger partial charge in [-0.25, -0.2) is 9.97 Å². The highest BCUT2D eigenvalue weighted by Gasteiger charge is 2.13. The van der Waals surface area contributed by atoms with Gasteiger partial charge in [-0.2, -0.15) is 5.10 Å². The molecular formula is C14H15N5O. The minimum absolute atomic E-state index is 0.548. The van der Waals surface area contributed by atoms with Gasteiger partial charge in [0.05, 0.1) is 29.2 Å². The number of fused-ring (bicyclic) bond motifs is 1. The van der Waals surface area contributed by atoms with Gasteiger partial charge in [-0.1, -0.05) is 0 Å². The van der Waals surface area contributed by atoms with Crippen molar-refractivity contribution in [1.82, 2.24) is 20.2 Å². The van der Waals surface area contributed by atoms with Crippen LogP contribution in [0.25, 0.3) is 22.3 Å². The van der Waals surface area contributed by atoms with Gasteiger partial charge < -0.3 is 10.5 Å². The molecule has 0 saturated carbocycles. The summed E-state index contributed by atoms with van der Waals surface area (Å²) in [4.78, 5) is 8.85. The molecule has 3 N–H and O–H groups in total. The Bertz CT molecular complexity index is 765. The Morgan fingerprint density at radius 1 is 1.40 bits per heavy atom. The zero-order valence-electron chi connectivity index (χ0n) is 11.3. The number of nitrogens with one attached hydrogen (secondary N) is 1. The molecular weight excluding hydrogens is 254 g/mol. The van der Waals surface area contributed by atoms with Gasteiger partial charge >= 0.3 is 0 Å². The first kappa shape index (κ1) is 12.4. The lowest BCUT2D eigenvalue weighted by Gasteiger charge is -2.09. The molecule has 0 aliphatic heterocycles. The maximum Gasteiger partial charge on any atom is 0.222 e. The predicted molar refractivity (Wildman–Crippen MR) is 77.4 cm³/mol. The van der Waals surface area contributed by atoms with Gasteiger partial charge in [0, 0.05) is 6.20 Å². The summed E-state index contributed by atoms with van der Waals surface area (Å²) in [6.07, 6.45) is 1.69. The number of H-pyrrole nitrogens is 1. The van der Waals surface area contributed by atoms with Crippen molar-refractivity contribution in [2.75, 3.05) is 12.3 Å². The standard InChI is InChI=1S/C14H15N5O/c1-3-20-14-9(5-4-6-16-14)11-7-10(15)13-12(17-11)8(2)18-19-13/h4-7H,3H2,1-2H3,(H2,15,17)(H,18,19). The van der Waals surface area contributed by atoms with Crippen molar-refractivity contribution in [3.63, 3.8) is 0 Å². The molecule has 0 spiro atoms. The summed E-state index contributed by atoms with van der Waals surface area (Å²) in [5.41, 5.74) is 10.6. The smallest absolute Gasteiger partial charge is 0.222 e. The molecule has 0 saturated heterocycles. The topological polar surface area (TPSA) is 89.7 Å². The lowest BCUT2D eigenvalue weighted by atomic mass is 10.1. The summed E-state index contributed by atoms with van der Waals surface area (Å²) in [5, 5.41) is 7.03. The molecule has 0 fully saturated rings. The monoisotopic (exact) mass is 269 g/mol. The number of hydrogen-bond donors (Lipinski definition) is 2. The van der Waals surface area contributed by atoms with E-state index in [0.717, 1.165) is 28.0 Å². The lowest BCUT2D eigenvalue weighted by molar-refractivity contribution is 0.328. The van der Waals surface area contributed by atoms with Crippen LogP contribution in [0.2, 0.25) is 0 Å². The molecule has 3 aromatic heterocycles. The molecule has 0 atom stereocenters. The third-order valence-corrected chi connectivity index (χ3v) is 3.06. The molecule has 0 aliphatic carbocycles. The maximum atomic E-state index is 6.06. The van der Waals surface area contributed by atoms with Gasteiger partial charge in [-0.3, -0.25) is 5.10 Å². The second kappa shape index (κ2) is 4.80. The fourth-order valence-corrected chi connectivity index (χ4v) is 2.11. The van der Waals surface area contributed by atoms with Gasteiger partial charge in [0.25, 0.3) is 0 Å². The van der Waals surface area contributed by atoms with Crippen molar-refractivity contribution in [2.45, 2.75) is 13.8 Å². The van der Waals surface area contributed by atoms with Crippen LogP contribution in [0.5, 0.6) is 5.88 Å². The van der Waals surface area contributed by atoms with E-state index in [1.54, 1.807) is 12.3 Å². The van der Waals surface area contributed by atoms with E-state index in [1.165, 1.54) is 0 Å². The molecule has 0 amide bonds. The van der Waals surface area contributed by atoms with Gasteiger partial charge in [-0.15, -0.1) is 0 Å². The fourth-order valence-electron chi connectivity index (χ4n) is 2.11. The number of aromatic amines is 1. The number of aromatic nitrogens is 4. The molecule has 3 heterocycles. The summed E-state index contributed by atoms with van der Waals surface area (Å²) in [6, 6.07) is 5.57. The molecule has 0 unspecified atom stereocenters. The number of nitrogen functional groups attached to an aromatic ring is 1. The highest BCUT2D eigenvalue weighted by molar-refractivity contribution is 5.91. The minimum atomic E-state index is 0.548. The lowest BCUT2D eigenvalue weighted by Crippen LogP contribution is -1.98. The van der Waals surface area contributed by atoms with Gasteiger partial charge in [0.1, 0.15) is 11.0 Å². The predicted octanol–water partition coefficient (Wildman–Crippen LogP) is 2.31. The van der Waals surface area contributed by atoms with Gasteiger partial charge in [0.2, 0.25) is 5.88 Å². The summed E-state index contributed by atoms with van der Waals surface area (Å²) < 4.78 is 5.54. The average molecular weight is 269 g/mol. The van der Waals surface area contributed by atoms with Crippen LogP contribution in [-0.2, 0) is 0 Å². The average Bonchev–Trinajstić information content (AvgIpc) is 2.82. The number of hydrogen-bond acceptors (Lipinski definition) is 5. The van der Waals surface area contributed by atoms with E-state index in [-0.39, 0.29) is 0 Å². The van der Waals surface area contributed by atoms with Crippen LogP contribution >= 0.6 is 0 Å². The van der Waals surface area contributed by atoms with E-state index in [4.69, 9.17) is 10.5 Å². The Balaban J connectivity index is 2.22. The molecule has 0 bridgehead atoms. The van der Waals surface area contributed by atoms with E-state index in [2.05, 4.69) is 20.2 Å². The summed E-state index contributed by atoms with van der Waals surface area (Å²) >= 11 is 0. The van der Waals surface area contributed by atoms with Crippen LogP contribution < -0.4 is 10.5 Å². The first-order chi connectivity index (χ1) is 9.70. The van der Waals surface area contributed by atoms with Crippen molar-refractivity contribution in [3.05, 3.63) is 30.1 Å². The van der Waals surface area contributed by atoms with Crippen LogP contribution in [0, 0.1) is 6.92 Å². The van der Waals surface area contributed by atoms with Crippen LogP contribution in [0.3, 0.4) is 0 Å². The molecule has 0 radical (unpaired) electrons. The van der Waals surface area contributed by atoms with Crippen molar-refractivity contribution in [2.24, 2.45) is 0 Å². The summed E-state index contributed by atoms with van der Waals surface area (Å²) in [7, 11) is 0. The molecule has 20 heavy (non-hydrogen) atoms. The van der Waals surface area contributed by atoms with Gasteiger partial charge in [0.15, 0.2) is 0 Å². The first-order valence-electron chi connectivity index (χ1n) is 6.40. The zero-order chi connectivity index (χ0) is 14.1. The molecule has 0 aliphatic rings. The molecule has 6 heteroatoms. The van der Waals surface area contributed by atoms with Crippen LogP contribution in [0.1, 0.15) is 12.6 Å². The number of nitrogens with two attached hydrogens (primary N) is 1. The molecule has 102 valence electrons. The summed E-state index contributed by atoms with van der Waals surface area (Å²) in [5.74, 6) is 0.558. The Hall–Kier alpha value is -2.63. The molecule has 0 aromatic carbocycles. The Morgan fingerprint density at radius 2 is 2.25 bits per heavy atom. The van der Waals surface area contributed by atoms with E-state index < -0.39 is 0 Å². The van der Waals surface area contributed by atoms with Crippen molar-refractivity contribution >= 4 is 16.7 Å². The number of rotatable bonds is 3. The largest absolute Gasteiger partial charge is 0.477 e. The Morgan fingerprint density at radius 3 is 3.05 bits per heavy atom. The molecule has 3 rings (SSSR count). The summed E-state index contributed by atoms with van der Waals surface area (Å²) in [6.45, 7) is 4.36. The molecule has 6 nitrogen and oxygen atoms in total. The van der Waals surface area contributed by atoms with E-state index in [9.17, 15) is 0 Å². The Kier molecular flexibility index (Phi) is 2.98. The Labute approximate surface area is 116 Å². The molecule has 3 aromatic rings. The maximum absolute atomic E-state index is 6.06. The van der Waals surface area contributed by atoms with Crippen LogP contribution in [-0.4, -0.2) is 26.8 Å². The van der Waals surface area contributed by atoms with Crippen LogP contribution in [0.15, 0.2) is 24.4 Å². The number of ether oxygens (including phenoxy) is 1. The number of pyridine rings is 2. The third kappa shape index (κ3) is 1.95. The van der Waals surface area contributed by atoms with Crippen molar-refractivity contribution in [3.8, 4) is 17.1 Å². The first-order valence-corrected chi connectivity index (χ1v) is 6.40. The third-order valence-electron chi connectivity index (χ3n) is 3.06. The van der Waals surface area contributed by atoms with Crippen LogP contribution in [0.4, 0.5) is 5.69 Å². The van der Waals surface area contributed by atoms with E-state index >= 15 is 0 Å². The normalized spacial score (nSPS) is 10.9. The van der Waals surface area contributed by atoms with Crippen molar-refractivity contribution < 1.29 is 4.74 Å². The highest BCUT2D eigenvalue weighted by atomic mass is 16.5. The van der Waals surface area contributed by atoms with Crippen molar-refractivity contribution in [1.29, 1.82) is 0 Å². The van der Waals surface area contributed by atoms with Gasteiger partial charge in [-0.05, 0) is 32.0 Å². The quantitative estimate of drug-likeness (QED) is 0.761. The highest BCUT2D eigenvalue weighted by Crippen LogP contribution is 2.30. The number of nitrogens with zero attached hydrogens (tertiary/aromatic N) is 3.